The molecule has 0 amide bonds. The van der Waals surface area contributed by atoms with Gasteiger partial charge in [0.25, 0.3) is 0 Å². The first kappa shape index (κ1) is 13.0. The standard InChI is InChI=1S/C12H9NO5S/c1-7-2-3-9(8(6-7)13(16)17)18-10-4-5-19-11(10)12(14)15/h2-6H,1H3,(H,14,15). The maximum absolute atomic E-state index is 10.9. The molecular formula is C12H9NO5S. The van der Waals surface area contributed by atoms with Crippen molar-refractivity contribution in [3.05, 3.63) is 50.2 Å². The van der Waals surface area contributed by atoms with E-state index >= 15 is 0 Å². The van der Waals surface area contributed by atoms with Crippen LogP contribution in [0.5, 0.6) is 11.5 Å². The molecule has 0 atom stereocenters. The maximum Gasteiger partial charge on any atom is 0.349 e. The molecule has 0 aliphatic carbocycles. The van der Waals surface area contributed by atoms with Crippen molar-refractivity contribution in [2.24, 2.45) is 0 Å². The Morgan fingerprint density at radius 3 is 2.74 bits per heavy atom. The predicted molar refractivity (Wildman–Crippen MR) is 69.2 cm³/mol. The van der Waals surface area contributed by atoms with E-state index in [4.69, 9.17) is 9.84 Å². The quantitative estimate of drug-likeness (QED) is 0.683. The Balaban J connectivity index is 2.41. The third-order valence-electron chi connectivity index (χ3n) is 2.35. The maximum atomic E-state index is 10.9. The van der Waals surface area contributed by atoms with Gasteiger partial charge >= 0.3 is 11.7 Å². The Bertz CT molecular complexity index is 649. The number of carbonyl (C=O) groups is 1. The molecule has 1 heterocycles. The van der Waals surface area contributed by atoms with Crippen molar-refractivity contribution in [1.82, 2.24) is 0 Å². The van der Waals surface area contributed by atoms with Crippen molar-refractivity contribution in [3.63, 3.8) is 0 Å². The number of aryl methyl sites for hydroxylation is 1. The largest absolute Gasteiger partial charge is 0.477 e. The Labute approximate surface area is 112 Å². The van der Waals surface area contributed by atoms with Gasteiger partial charge in [-0.2, -0.15) is 0 Å². The number of hydrogen-bond acceptors (Lipinski definition) is 5. The summed E-state index contributed by atoms with van der Waals surface area (Å²) in [6.45, 7) is 1.73. The average Bonchev–Trinajstić information content (AvgIpc) is 2.79. The van der Waals surface area contributed by atoms with E-state index in [0.717, 1.165) is 16.9 Å². The van der Waals surface area contributed by atoms with Crippen LogP contribution >= 0.6 is 11.3 Å². The molecule has 0 spiro atoms. The van der Waals surface area contributed by atoms with Crippen LogP contribution in [0.2, 0.25) is 0 Å². The van der Waals surface area contributed by atoms with Crippen LogP contribution in [-0.2, 0) is 0 Å². The molecule has 7 heteroatoms. The molecule has 0 aliphatic rings. The second-order valence-corrected chi connectivity index (χ2v) is 4.67. The minimum Gasteiger partial charge on any atom is -0.477 e. The molecule has 2 rings (SSSR count). The van der Waals surface area contributed by atoms with Crippen LogP contribution in [0.3, 0.4) is 0 Å². The van der Waals surface area contributed by atoms with Gasteiger partial charge in [-0.3, -0.25) is 10.1 Å². The summed E-state index contributed by atoms with van der Waals surface area (Å²) in [5.41, 5.74) is 0.533. The van der Waals surface area contributed by atoms with E-state index in [9.17, 15) is 14.9 Å². The van der Waals surface area contributed by atoms with Crippen LogP contribution in [0.25, 0.3) is 0 Å². The molecular weight excluding hydrogens is 270 g/mol. The normalized spacial score (nSPS) is 10.2. The second kappa shape index (κ2) is 5.07. The van der Waals surface area contributed by atoms with E-state index in [1.165, 1.54) is 18.2 Å². The Hall–Kier alpha value is -2.41. The fraction of sp³-hybridized carbons (Fsp3) is 0.0833. The van der Waals surface area contributed by atoms with Crippen molar-refractivity contribution >= 4 is 23.0 Å². The molecule has 0 radical (unpaired) electrons. The van der Waals surface area contributed by atoms with Crippen molar-refractivity contribution in [2.75, 3.05) is 0 Å². The molecule has 1 aromatic carbocycles. The number of benzene rings is 1. The number of nitrogens with zero attached hydrogens (tertiary/aromatic N) is 1. The summed E-state index contributed by atoms with van der Waals surface area (Å²) in [6, 6.07) is 5.96. The fourth-order valence-electron chi connectivity index (χ4n) is 1.51. The average molecular weight is 279 g/mol. The van der Waals surface area contributed by atoms with Crippen molar-refractivity contribution in [3.8, 4) is 11.5 Å². The first-order valence-electron chi connectivity index (χ1n) is 5.22. The minimum atomic E-state index is -1.13. The predicted octanol–water partition coefficient (Wildman–Crippen LogP) is 3.46. The van der Waals surface area contributed by atoms with E-state index in [2.05, 4.69) is 0 Å². The van der Waals surface area contributed by atoms with Gasteiger partial charge in [-0.25, -0.2) is 4.79 Å². The summed E-state index contributed by atoms with van der Waals surface area (Å²) < 4.78 is 5.35. The zero-order valence-corrected chi connectivity index (χ0v) is 10.6. The lowest BCUT2D eigenvalue weighted by molar-refractivity contribution is -0.385. The van der Waals surface area contributed by atoms with Crippen molar-refractivity contribution in [1.29, 1.82) is 0 Å². The second-order valence-electron chi connectivity index (χ2n) is 3.75. The Kier molecular flexibility index (Phi) is 3.48. The van der Waals surface area contributed by atoms with E-state index in [0.29, 0.717) is 0 Å². The molecule has 0 fully saturated rings. The van der Waals surface area contributed by atoms with Crippen molar-refractivity contribution < 1.29 is 19.6 Å². The molecule has 0 saturated carbocycles. The highest BCUT2D eigenvalue weighted by Gasteiger charge is 2.19. The zero-order chi connectivity index (χ0) is 14.0. The van der Waals surface area contributed by atoms with Crippen molar-refractivity contribution in [2.45, 2.75) is 6.92 Å². The van der Waals surface area contributed by atoms with Crippen LogP contribution in [0.4, 0.5) is 5.69 Å². The number of thiophene rings is 1. The van der Waals surface area contributed by atoms with Gasteiger partial charge in [0.05, 0.1) is 4.92 Å². The molecule has 0 saturated heterocycles. The van der Waals surface area contributed by atoms with Gasteiger partial charge in [0.2, 0.25) is 5.75 Å². The van der Waals surface area contributed by atoms with E-state index in [-0.39, 0.29) is 22.1 Å². The molecule has 1 aromatic heterocycles. The third-order valence-corrected chi connectivity index (χ3v) is 3.24. The monoisotopic (exact) mass is 279 g/mol. The number of nitro groups is 1. The smallest absolute Gasteiger partial charge is 0.349 e. The van der Waals surface area contributed by atoms with E-state index < -0.39 is 10.9 Å². The van der Waals surface area contributed by atoms with Crippen LogP contribution in [0.15, 0.2) is 29.6 Å². The highest BCUT2D eigenvalue weighted by molar-refractivity contribution is 7.12. The third kappa shape index (κ3) is 2.71. The van der Waals surface area contributed by atoms with Gasteiger partial charge in [0.15, 0.2) is 10.6 Å². The molecule has 0 bridgehead atoms. The number of hydrogen-bond donors (Lipinski definition) is 1. The summed E-state index contributed by atoms with van der Waals surface area (Å²) >= 11 is 1.000. The topological polar surface area (TPSA) is 89.7 Å². The van der Waals surface area contributed by atoms with Gasteiger partial charge in [0.1, 0.15) is 0 Å². The SMILES string of the molecule is Cc1ccc(Oc2ccsc2C(=O)O)c([N+](=O)[O-])c1. The number of rotatable bonds is 4. The highest BCUT2D eigenvalue weighted by atomic mass is 32.1. The summed E-state index contributed by atoms with van der Waals surface area (Å²) in [5.74, 6) is -0.999. The van der Waals surface area contributed by atoms with Crippen LogP contribution < -0.4 is 4.74 Å². The van der Waals surface area contributed by atoms with Gasteiger partial charge in [-0.05, 0) is 30.0 Å². The Morgan fingerprint density at radius 2 is 2.11 bits per heavy atom. The highest BCUT2D eigenvalue weighted by Crippen LogP contribution is 2.35. The number of carboxylic acids is 1. The first-order chi connectivity index (χ1) is 8.99. The lowest BCUT2D eigenvalue weighted by atomic mass is 10.2. The summed E-state index contributed by atoms with van der Waals surface area (Å²) in [4.78, 5) is 21.3. The van der Waals surface area contributed by atoms with Crippen LogP contribution in [0, 0.1) is 17.0 Å². The molecule has 0 unspecified atom stereocenters. The van der Waals surface area contributed by atoms with E-state index in [1.54, 1.807) is 18.4 Å². The van der Waals surface area contributed by atoms with Crippen LogP contribution in [-0.4, -0.2) is 16.0 Å². The molecule has 19 heavy (non-hydrogen) atoms. The molecule has 0 aliphatic heterocycles. The molecule has 98 valence electrons. The molecule has 2 aromatic rings. The number of aromatic carboxylic acids is 1. The summed E-state index contributed by atoms with van der Waals surface area (Å²) in [7, 11) is 0. The van der Waals surface area contributed by atoms with Gasteiger partial charge in [0, 0.05) is 6.07 Å². The first-order valence-corrected chi connectivity index (χ1v) is 6.10. The molecule has 6 nitrogen and oxygen atoms in total. The van der Waals surface area contributed by atoms with Gasteiger partial charge in [-0.15, -0.1) is 11.3 Å². The lowest BCUT2D eigenvalue weighted by Gasteiger charge is -2.06. The number of carboxylic acid groups (broad SMARTS) is 1. The lowest BCUT2D eigenvalue weighted by Crippen LogP contribution is -1.98. The van der Waals surface area contributed by atoms with Crippen LogP contribution in [0.1, 0.15) is 15.2 Å². The zero-order valence-electron chi connectivity index (χ0n) is 9.82. The number of ether oxygens (including phenoxy) is 1. The minimum absolute atomic E-state index is 0.00914. The summed E-state index contributed by atoms with van der Waals surface area (Å²) in [6.07, 6.45) is 0. The van der Waals surface area contributed by atoms with E-state index in [1.807, 2.05) is 0 Å². The van der Waals surface area contributed by atoms with Gasteiger partial charge < -0.3 is 9.84 Å². The molecule has 1 N–H and O–H groups in total. The summed E-state index contributed by atoms with van der Waals surface area (Å²) in [5, 5.41) is 21.4. The fourth-order valence-corrected chi connectivity index (χ4v) is 2.16. The van der Waals surface area contributed by atoms with Gasteiger partial charge in [-0.1, -0.05) is 6.07 Å². The Morgan fingerprint density at radius 1 is 1.37 bits per heavy atom. The number of nitro benzene ring substituents is 1.